The molecule has 0 aliphatic rings. The van der Waals surface area contributed by atoms with Crippen molar-refractivity contribution in [2.75, 3.05) is 0 Å². The minimum Gasteiger partial charge on any atom is -0.328 e. The van der Waals surface area contributed by atoms with Crippen LogP contribution in [0, 0.1) is 5.82 Å². The molecule has 2 heterocycles. The van der Waals surface area contributed by atoms with Gasteiger partial charge in [-0.25, -0.2) is 9.37 Å². The Labute approximate surface area is 183 Å². The Kier molecular flexibility index (Phi) is 4.70. The van der Waals surface area contributed by atoms with Crippen LogP contribution < -0.4 is 11.0 Å². The van der Waals surface area contributed by atoms with Crippen LogP contribution >= 0.6 is 0 Å². The molecule has 6 heteroatoms. The van der Waals surface area contributed by atoms with Gasteiger partial charge in [-0.2, -0.15) is 0 Å². The summed E-state index contributed by atoms with van der Waals surface area (Å²) in [7, 11) is 1.76. The van der Waals surface area contributed by atoms with E-state index in [1.165, 1.54) is 10.6 Å². The van der Waals surface area contributed by atoms with Crippen molar-refractivity contribution in [1.29, 1.82) is 0 Å². The van der Waals surface area contributed by atoms with Crippen LogP contribution in [0.3, 0.4) is 0 Å². The second kappa shape index (κ2) is 7.57. The van der Waals surface area contributed by atoms with Gasteiger partial charge in [0.25, 0.3) is 5.56 Å². The monoisotopic (exact) mass is 425 g/mol. The number of benzene rings is 3. The fourth-order valence-corrected chi connectivity index (χ4v) is 4.24. The first-order valence-corrected chi connectivity index (χ1v) is 10.3. The summed E-state index contributed by atoms with van der Waals surface area (Å²) in [5.41, 5.74) is 1.08. The average Bonchev–Trinajstić information content (AvgIpc) is 2.82. The summed E-state index contributed by atoms with van der Waals surface area (Å²) >= 11 is 0. The van der Waals surface area contributed by atoms with Gasteiger partial charge in [-0.05, 0) is 36.8 Å². The summed E-state index contributed by atoms with van der Waals surface area (Å²) in [6.07, 6.45) is 0. The van der Waals surface area contributed by atoms with Crippen LogP contribution in [0.1, 0.15) is 18.5 Å². The fourth-order valence-electron chi connectivity index (χ4n) is 4.24. The number of hydrogen-bond donors (Lipinski definition) is 0. The molecule has 0 spiro atoms. The molecule has 0 radical (unpaired) electrons. The van der Waals surface area contributed by atoms with Gasteiger partial charge in [-0.3, -0.25) is 14.2 Å². The van der Waals surface area contributed by atoms with E-state index in [1.54, 1.807) is 48.0 Å². The lowest BCUT2D eigenvalue weighted by Gasteiger charge is -2.21. The minimum absolute atomic E-state index is 0.00549. The van der Waals surface area contributed by atoms with Gasteiger partial charge in [0.05, 0.1) is 17.1 Å². The van der Waals surface area contributed by atoms with E-state index in [4.69, 9.17) is 4.98 Å². The molecule has 0 aliphatic heterocycles. The van der Waals surface area contributed by atoms with Crippen LogP contribution in [0.25, 0.3) is 33.3 Å². The highest BCUT2D eigenvalue weighted by atomic mass is 19.1. The molecule has 0 saturated carbocycles. The summed E-state index contributed by atoms with van der Waals surface area (Å²) in [5, 5.41) is 0.438. The Morgan fingerprint density at radius 2 is 1.53 bits per heavy atom. The number of aromatic nitrogens is 3. The Bertz CT molecular complexity index is 1600. The lowest BCUT2D eigenvalue weighted by molar-refractivity contribution is 0.600. The van der Waals surface area contributed by atoms with Crippen LogP contribution in [-0.4, -0.2) is 14.1 Å². The number of nitrogens with zero attached hydrogens (tertiary/aromatic N) is 3. The van der Waals surface area contributed by atoms with Crippen LogP contribution in [0.15, 0.2) is 88.5 Å². The third-order valence-electron chi connectivity index (χ3n) is 5.94. The van der Waals surface area contributed by atoms with E-state index in [9.17, 15) is 14.0 Å². The maximum Gasteiger partial charge on any atom is 0.267 e. The van der Waals surface area contributed by atoms with Gasteiger partial charge >= 0.3 is 0 Å². The molecule has 0 aliphatic carbocycles. The van der Waals surface area contributed by atoms with Crippen molar-refractivity contribution in [2.24, 2.45) is 7.05 Å². The molecule has 1 unspecified atom stereocenters. The van der Waals surface area contributed by atoms with Crippen molar-refractivity contribution >= 4 is 21.9 Å². The molecule has 1 atom stereocenters. The third kappa shape index (κ3) is 2.95. The quantitative estimate of drug-likeness (QED) is 0.395. The maximum atomic E-state index is 14.9. The molecule has 0 bridgehead atoms. The topological polar surface area (TPSA) is 56.9 Å². The predicted octanol–water partition coefficient (Wildman–Crippen LogP) is 4.66. The average molecular weight is 425 g/mol. The number of hydrogen-bond acceptors (Lipinski definition) is 3. The van der Waals surface area contributed by atoms with Crippen LogP contribution in [0.2, 0.25) is 0 Å². The summed E-state index contributed by atoms with van der Waals surface area (Å²) in [6.45, 7) is 1.85. The summed E-state index contributed by atoms with van der Waals surface area (Å²) < 4.78 is 18.0. The summed E-state index contributed by atoms with van der Waals surface area (Å²) in [4.78, 5) is 31.9. The smallest absolute Gasteiger partial charge is 0.267 e. The molecular formula is C26H20FN3O2. The Morgan fingerprint density at radius 1 is 0.875 bits per heavy atom. The van der Waals surface area contributed by atoms with Crippen LogP contribution in [-0.2, 0) is 7.05 Å². The van der Waals surface area contributed by atoms with Crippen LogP contribution in [0.4, 0.5) is 4.39 Å². The number of aryl methyl sites for hydroxylation is 1. The number of rotatable bonds is 3. The van der Waals surface area contributed by atoms with E-state index in [0.29, 0.717) is 10.9 Å². The molecule has 5 aromatic rings. The third-order valence-corrected chi connectivity index (χ3v) is 5.94. The Hall–Kier alpha value is -4.06. The van der Waals surface area contributed by atoms with E-state index in [2.05, 4.69) is 0 Å². The summed E-state index contributed by atoms with van der Waals surface area (Å²) in [6, 6.07) is 22.3. The molecule has 0 saturated heterocycles. The molecule has 0 N–H and O–H groups in total. The molecular weight excluding hydrogens is 405 g/mol. The Balaban J connectivity index is 1.98. The second-order valence-electron chi connectivity index (χ2n) is 7.78. The zero-order valence-electron chi connectivity index (χ0n) is 17.6. The van der Waals surface area contributed by atoms with Gasteiger partial charge in [0.1, 0.15) is 17.0 Å². The Morgan fingerprint density at radius 3 is 2.28 bits per heavy atom. The first-order valence-electron chi connectivity index (χ1n) is 10.3. The van der Waals surface area contributed by atoms with E-state index in [-0.39, 0.29) is 27.9 Å². The number of fused-ring (bicyclic) bond motifs is 2. The fraction of sp³-hybridized carbons (Fsp3) is 0.115. The van der Waals surface area contributed by atoms with Gasteiger partial charge in [0.2, 0.25) is 5.43 Å². The molecule has 0 fully saturated rings. The minimum atomic E-state index is -0.490. The molecule has 32 heavy (non-hydrogen) atoms. The molecule has 2 aromatic heterocycles. The van der Waals surface area contributed by atoms with Crippen molar-refractivity contribution in [3.05, 3.63) is 111 Å². The van der Waals surface area contributed by atoms with Crippen molar-refractivity contribution in [3.8, 4) is 11.4 Å². The van der Waals surface area contributed by atoms with Crippen molar-refractivity contribution in [1.82, 2.24) is 14.1 Å². The second-order valence-corrected chi connectivity index (χ2v) is 7.78. The SMILES string of the molecule is CC(c1ccccc1)n1c(-c2ccccc2F)nc2c(c(=O)c3ccccc3n2C)c1=O. The van der Waals surface area contributed by atoms with Crippen molar-refractivity contribution < 1.29 is 4.39 Å². The lowest BCUT2D eigenvalue weighted by Crippen LogP contribution is -2.31. The van der Waals surface area contributed by atoms with Gasteiger partial charge in [-0.1, -0.05) is 54.6 Å². The van der Waals surface area contributed by atoms with Gasteiger partial charge in [0, 0.05) is 12.4 Å². The van der Waals surface area contributed by atoms with Crippen molar-refractivity contribution in [2.45, 2.75) is 13.0 Å². The normalized spacial score (nSPS) is 12.3. The van der Waals surface area contributed by atoms with Crippen LogP contribution in [0.5, 0.6) is 0 Å². The molecule has 3 aromatic carbocycles. The van der Waals surface area contributed by atoms with E-state index in [1.807, 2.05) is 43.3 Å². The molecule has 158 valence electrons. The van der Waals surface area contributed by atoms with E-state index in [0.717, 1.165) is 5.56 Å². The maximum absolute atomic E-state index is 14.9. The number of halogens is 1. The first-order chi connectivity index (χ1) is 15.5. The zero-order chi connectivity index (χ0) is 22.4. The molecule has 0 amide bonds. The number of pyridine rings is 1. The first kappa shape index (κ1) is 19.9. The van der Waals surface area contributed by atoms with Gasteiger partial charge in [-0.15, -0.1) is 0 Å². The van der Waals surface area contributed by atoms with E-state index >= 15 is 0 Å². The highest BCUT2D eigenvalue weighted by Gasteiger charge is 2.23. The number of para-hydroxylation sites is 1. The standard InChI is InChI=1S/C26H20FN3O2/c1-16(17-10-4-3-5-11-17)30-24(18-12-6-8-14-20(18)27)28-25-22(26(30)32)23(31)19-13-7-9-15-21(19)29(25)2/h3-16H,1-2H3. The summed E-state index contributed by atoms with van der Waals surface area (Å²) in [5.74, 6) is -0.305. The lowest BCUT2D eigenvalue weighted by atomic mass is 10.1. The molecule has 5 rings (SSSR count). The highest BCUT2D eigenvalue weighted by molar-refractivity contribution is 5.92. The molecule has 5 nitrogen and oxygen atoms in total. The van der Waals surface area contributed by atoms with Gasteiger partial charge < -0.3 is 4.57 Å². The van der Waals surface area contributed by atoms with Crippen molar-refractivity contribution in [3.63, 3.8) is 0 Å². The van der Waals surface area contributed by atoms with Gasteiger partial charge in [0.15, 0.2) is 5.65 Å². The van der Waals surface area contributed by atoms with E-state index < -0.39 is 17.4 Å². The highest BCUT2D eigenvalue weighted by Crippen LogP contribution is 2.27. The predicted molar refractivity (Wildman–Crippen MR) is 124 cm³/mol. The largest absolute Gasteiger partial charge is 0.328 e. The zero-order valence-corrected chi connectivity index (χ0v) is 17.6.